The number of carbonyl (C=O) groups is 1. The van der Waals surface area contributed by atoms with Crippen molar-refractivity contribution in [2.24, 2.45) is 0 Å². The number of Topliss-reactive ketones (excluding diaryl/α,β-unsaturated/α-hetero) is 1. The second kappa shape index (κ2) is 5.97. The third kappa shape index (κ3) is 2.55. The van der Waals surface area contributed by atoms with E-state index < -0.39 is 0 Å². The quantitative estimate of drug-likeness (QED) is 0.767. The summed E-state index contributed by atoms with van der Waals surface area (Å²) in [7, 11) is 3.21. The first-order chi connectivity index (χ1) is 10.6. The minimum Gasteiger partial charge on any atom is -0.496 e. The lowest BCUT2D eigenvalue weighted by molar-refractivity contribution is 0.103. The van der Waals surface area contributed by atoms with E-state index in [1.807, 2.05) is 42.5 Å². The van der Waals surface area contributed by atoms with Crippen molar-refractivity contribution in [1.82, 2.24) is 0 Å². The minimum atomic E-state index is 0.0227. The van der Waals surface area contributed by atoms with E-state index in [2.05, 4.69) is 15.9 Å². The molecule has 0 fully saturated rings. The molecular formula is C18H15BrO3. The Morgan fingerprint density at radius 3 is 2.59 bits per heavy atom. The smallest absolute Gasteiger partial charge is 0.193 e. The van der Waals surface area contributed by atoms with Gasteiger partial charge in [-0.15, -0.1) is 0 Å². The van der Waals surface area contributed by atoms with Crippen LogP contribution in [-0.2, 0) is 6.42 Å². The maximum absolute atomic E-state index is 12.7. The van der Waals surface area contributed by atoms with Gasteiger partial charge in [-0.3, -0.25) is 4.79 Å². The molecule has 0 N–H and O–H groups in total. The predicted molar refractivity (Wildman–Crippen MR) is 89.7 cm³/mol. The van der Waals surface area contributed by atoms with E-state index in [0.717, 1.165) is 26.9 Å². The van der Waals surface area contributed by atoms with E-state index in [-0.39, 0.29) is 5.78 Å². The molecule has 2 aromatic carbocycles. The third-order valence-electron chi connectivity index (χ3n) is 3.75. The fourth-order valence-corrected chi connectivity index (χ4v) is 3.10. The fourth-order valence-electron chi connectivity index (χ4n) is 2.72. The van der Waals surface area contributed by atoms with Crippen LogP contribution < -0.4 is 9.47 Å². The zero-order valence-electron chi connectivity index (χ0n) is 12.4. The summed E-state index contributed by atoms with van der Waals surface area (Å²) in [5, 5.41) is 0. The van der Waals surface area contributed by atoms with Gasteiger partial charge in [-0.1, -0.05) is 28.1 Å². The summed E-state index contributed by atoms with van der Waals surface area (Å²) < 4.78 is 11.6. The van der Waals surface area contributed by atoms with Gasteiger partial charge in [-0.2, -0.15) is 0 Å². The van der Waals surface area contributed by atoms with Gasteiger partial charge in [0.2, 0.25) is 0 Å². The van der Waals surface area contributed by atoms with Crippen LogP contribution in [0.5, 0.6) is 11.5 Å². The second-order valence-corrected chi connectivity index (χ2v) is 5.97. The lowest BCUT2D eigenvalue weighted by Crippen LogP contribution is -1.99. The highest BCUT2D eigenvalue weighted by molar-refractivity contribution is 9.10. The van der Waals surface area contributed by atoms with Crippen LogP contribution in [0.4, 0.5) is 0 Å². The van der Waals surface area contributed by atoms with Crippen molar-refractivity contribution in [2.75, 3.05) is 14.2 Å². The number of fused-ring (bicyclic) bond motifs is 1. The average molecular weight is 359 g/mol. The lowest BCUT2D eigenvalue weighted by atomic mass is 10.1. The summed E-state index contributed by atoms with van der Waals surface area (Å²) in [5.74, 6) is 1.40. The highest BCUT2D eigenvalue weighted by Crippen LogP contribution is 2.35. The zero-order chi connectivity index (χ0) is 15.7. The van der Waals surface area contributed by atoms with E-state index in [4.69, 9.17) is 9.47 Å². The molecule has 1 aliphatic rings. The maximum atomic E-state index is 12.7. The molecule has 0 unspecified atom stereocenters. The number of ketones is 1. The van der Waals surface area contributed by atoms with Crippen molar-refractivity contribution >= 4 is 27.8 Å². The minimum absolute atomic E-state index is 0.0227. The zero-order valence-corrected chi connectivity index (χ0v) is 13.9. The molecule has 0 radical (unpaired) electrons. The Morgan fingerprint density at radius 2 is 1.86 bits per heavy atom. The maximum Gasteiger partial charge on any atom is 0.193 e. The first kappa shape index (κ1) is 14.9. The molecule has 0 aromatic heterocycles. The molecule has 112 valence electrons. The number of hydrogen-bond donors (Lipinski definition) is 0. The third-order valence-corrected chi connectivity index (χ3v) is 4.25. The molecule has 22 heavy (non-hydrogen) atoms. The number of rotatable bonds is 3. The summed E-state index contributed by atoms with van der Waals surface area (Å²) in [6.07, 6.45) is 2.51. The Morgan fingerprint density at radius 1 is 1.09 bits per heavy atom. The van der Waals surface area contributed by atoms with Gasteiger partial charge < -0.3 is 9.47 Å². The number of ether oxygens (including phenoxy) is 2. The van der Waals surface area contributed by atoms with E-state index in [9.17, 15) is 4.79 Å². The standard InChI is InChI=1S/C18H15BrO3/c1-21-15-7-6-14(19)10-12(15)9-13-8-11-4-3-5-16(22-2)17(11)18(13)20/h3-7,9-10H,8H2,1-2H3/b13-9+. The lowest BCUT2D eigenvalue weighted by Gasteiger charge is -2.06. The van der Waals surface area contributed by atoms with Gasteiger partial charge in [0.1, 0.15) is 11.5 Å². The van der Waals surface area contributed by atoms with Gasteiger partial charge in [0, 0.05) is 22.0 Å². The summed E-state index contributed by atoms with van der Waals surface area (Å²) in [4.78, 5) is 12.7. The van der Waals surface area contributed by atoms with Crippen LogP contribution in [0.25, 0.3) is 6.08 Å². The van der Waals surface area contributed by atoms with Gasteiger partial charge in [0.25, 0.3) is 0 Å². The molecule has 0 saturated carbocycles. The van der Waals surface area contributed by atoms with Crippen molar-refractivity contribution in [3.63, 3.8) is 0 Å². The summed E-state index contributed by atoms with van der Waals surface area (Å²) in [6.45, 7) is 0. The van der Waals surface area contributed by atoms with Crippen LogP contribution in [0, 0.1) is 0 Å². The van der Waals surface area contributed by atoms with Crippen molar-refractivity contribution in [2.45, 2.75) is 6.42 Å². The molecule has 0 bridgehead atoms. The molecule has 0 spiro atoms. The number of carbonyl (C=O) groups excluding carboxylic acids is 1. The second-order valence-electron chi connectivity index (χ2n) is 5.06. The molecular weight excluding hydrogens is 344 g/mol. The molecule has 3 rings (SSSR count). The van der Waals surface area contributed by atoms with Crippen molar-refractivity contribution in [3.05, 3.63) is 63.1 Å². The van der Waals surface area contributed by atoms with E-state index in [1.165, 1.54) is 0 Å². The largest absolute Gasteiger partial charge is 0.496 e. The number of halogens is 1. The van der Waals surface area contributed by atoms with Gasteiger partial charge >= 0.3 is 0 Å². The topological polar surface area (TPSA) is 35.5 Å². The van der Waals surface area contributed by atoms with Crippen LogP contribution in [0.3, 0.4) is 0 Å². The highest BCUT2D eigenvalue weighted by atomic mass is 79.9. The predicted octanol–water partition coefficient (Wildman–Crippen LogP) is 4.29. The fraction of sp³-hybridized carbons (Fsp3) is 0.167. The van der Waals surface area contributed by atoms with Crippen LogP contribution in [0.2, 0.25) is 0 Å². The first-order valence-corrected chi connectivity index (χ1v) is 7.68. The molecule has 0 saturated heterocycles. The SMILES string of the molecule is COc1ccc(Br)cc1/C=C1\Cc2cccc(OC)c2C1=O. The molecule has 0 atom stereocenters. The molecule has 4 heteroatoms. The Labute approximate surface area is 137 Å². The van der Waals surface area contributed by atoms with Crippen LogP contribution in [-0.4, -0.2) is 20.0 Å². The molecule has 0 aliphatic heterocycles. The van der Waals surface area contributed by atoms with Crippen LogP contribution in [0.15, 0.2) is 46.4 Å². The van der Waals surface area contributed by atoms with Gasteiger partial charge in [-0.05, 0) is 35.9 Å². The van der Waals surface area contributed by atoms with E-state index in [0.29, 0.717) is 17.7 Å². The van der Waals surface area contributed by atoms with Crippen LogP contribution >= 0.6 is 15.9 Å². The van der Waals surface area contributed by atoms with E-state index >= 15 is 0 Å². The molecule has 0 heterocycles. The van der Waals surface area contributed by atoms with Gasteiger partial charge in [0.05, 0.1) is 19.8 Å². The summed E-state index contributed by atoms with van der Waals surface area (Å²) >= 11 is 3.45. The highest BCUT2D eigenvalue weighted by Gasteiger charge is 2.28. The number of benzene rings is 2. The van der Waals surface area contributed by atoms with Crippen LogP contribution in [0.1, 0.15) is 21.5 Å². The first-order valence-electron chi connectivity index (χ1n) is 6.88. The normalized spacial score (nSPS) is 15.0. The van der Waals surface area contributed by atoms with Crippen molar-refractivity contribution in [1.29, 1.82) is 0 Å². The number of methoxy groups -OCH3 is 2. The monoisotopic (exact) mass is 358 g/mol. The number of hydrogen-bond acceptors (Lipinski definition) is 3. The molecule has 1 aliphatic carbocycles. The summed E-state index contributed by atoms with van der Waals surface area (Å²) in [6, 6.07) is 11.4. The number of allylic oxidation sites excluding steroid dienone is 1. The van der Waals surface area contributed by atoms with Crippen molar-refractivity contribution in [3.8, 4) is 11.5 Å². The van der Waals surface area contributed by atoms with E-state index in [1.54, 1.807) is 14.2 Å². The summed E-state index contributed by atoms with van der Waals surface area (Å²) in [5.41, 5.74) is 3.30. The molecule has 3 nitrogen and oxygen atoms in total. The van der Waals surface area contributed by atoms with Gasteiger partial charge in [-0.25, -0.2) is 0 Å². The Balaban J connectivity index is 2.05. The Kier molecular flexibility index (Phi) is 4.03. The average Bonchev–Trinajstić information content (AvgIpc) is 2.84. The Hall–Kier alpha value is -2.07. The van der Waals surface area contributed by atoms with Gasteiger partial charge in [0.15, 0.2) is 5.78 Å². The van der Waals surface area contributed by atoms with Crippen molar-refractivity contribution < 1.29 is 14.3 Å². The molecule has 0 amide bonds. The molecule has 2 aromatic rings. The Bertz CT molecular complexity index is 778.